The predicted molar refractivity (Wildman–Crippen MR) is 83.9 cm³/mol. The van der Waals surface area contributed by atoms with Crippen molar-refractivity contribution in [2.24, 2.45) is 0 Å². The van der Waals surface area contributed by atoms with E-state index >= 15 is 0 Å². The first-order chi connectivity index (χ1) is 10.4. The minimum Gasteiger partial charge on any atom is -0.325 e. The van der Waals surface area contributed by atoms with Gasteiger partial charge in [-0.25, -0.2) is 9.97 Å². The highest BCUT2D eigenvalue weighted by molar-refractivity contribution is 6.06. The lowest BCUT2D eigenvalue weighted by Gasteiger charge is -2.03. The van der Waals surface area contributed by atoms with Crippen LogP contribution in [-0.4, -0.2) is 19.5 Å². The Balaban J connectivity index is 2.06. The third kappa shape index (κ3) is 1.80. The highest BCUT2D eigenvalue weighted by Crippen LogP contribution is 2.28. The summed E-state index contributed by atoms with van der Waals surface area (Å²) in [5.41, 5.74) is 3.12. The fourth-order valence-electron chi connectivity index (χ4n) is 2.77. The lowest BCUT2D eigenvalue weighted by Crippen LogP contribution is -1.97. The smallest absolute Gasteiger partial charge is 0.163 e. The second-order valence-electron chi connectivity index (χ2n) is 4.93. The molecule has 0 saturated carbocycles. The first-order valence-corrected chi connectivity index (χ1v) is 7.03. The van der Waals surface area contributed by atoms with E-state index in [1.54, 1.807) is 12.4 Å². The van der Waals surface area contributed by atoms with Crippen molar-refractivity contribution in [3.63, 3.8) is 0 Å². The van der Waals surface area contributed by atoms with Gasteiger partial charge in [-0.3, -0.25) is 4.98 Å². The van der Waals surface area contributed by atoms with Crippen LogP contribution >= 0.6 is 0 Å². The van der Waals surface area contributed by atoms with Gasteiger partial charge in [0.1, 0.15) is 5.65 Å². The number of aryl methyl sites for hydroxylation is 1. The molecule has 0 atom stereocenters. The van der Waals surface area contributed by atoms with E-state index in [4.69, 9.17) is 4.98 Å². The monoisotopic (exact) mass is 274 g/mol. The molecule has 0 radical (unpaired) electrons. The Morgan fingerprint density at radius 3 is 2.71 bits per heavy atom. The summed E-state index contributed by atoms with van der Waals surface area (Å²) < 4.78 is 2.23. The molecular formula is C17H14N4. The normalized spacial score (nSPS) is 11.3. The number of fused-ring (bicyclic) bond motifs is 3. The van der Waals surface area contributed by atoms with Crippen LogP contribution in [0.4, 0.5) is 0 Å². The van der Waals surface area contributed by atoms with Crippen LogP contribution in [0.15, 0.2) is 55.0 Å². The largest absolute Gasteiger partial charge is 0.325 e. The van der Waals surface area contributed by atoms with Crippen molar-refractivity contribution in [1.82, 2.24) is 19.5 Å². The maximum Gasteiger partial charge on any atom is 0.163 e. The lowest BCUT2D eigenvalue weighted by molar-refractivity contribution is 0.815. The summed E-state index contributed by atoms with van der Waals surface area (Å²) in [5.74, 6) is 0.716. The van der Waals surface area contributed by atoms with Gasteiger partial charge in [0.05, 0.1) is 5.52 Å². The number of aromatic nitrogens is 4. The molecule has 0 spiro atoms. The molecule has 0 saturated heterocycles. The lowest BCUT2D eigenvalue weighted by atomic mass is 10.2. The zero-order valence-corrected chi connectivity index (χ0v) is 11.7. The van der Waals surface area contributed by atoms with Gasteiger partial charge < -0.3 is 4.57 Å². The number of hydrogen-bond donors (Lipinski definition) is 0. The van der Waals surface area contributed by atoms with Gasteiger partial charge >= 0.3 is 0 Å². The summed E-state index contributed by atoms with van der Waals surface area (Å²) in [7, 11) is 0. The summed E-state index contributed by atoms with van der Waals surface area (Å²) in [6, 6.07) is 12.2. The molecular weight excluding hydrogens is 260 g/mol. The van der Waals surface area contributed by atoms with Gasteiger partial charge in [-0.1, -0.05) is 18.2 Å². The number of nitrogens with zero attached hydrogens (tertiary/aromatic N) is 4. The molecule has 0 N–H and O–H groups in total. The van der Waals surface area contributed by atoms with Crippen LogP contribution < -0.4 is 0 Å². The first kappa shape index (κ1) is 12.0. The van der Waals surface area contributed by atoms with Crippen molar-refractivity contribution >= 4 is 21.9 Å². The molecule has 0 aliphatic heterocycles. The first-order valence-electron chi connectivity index (χ1n) is 7.03. The number of rotatable bonds is 2. The van der Waals surface area contributed by atoms with Crippen LogP contribution in [0.2, 0.25) is 0 Å². The maximum atomic E-state index is 4.77. The van der Waals surface area contributed by atoms with E-state index in [0.29, 0.717) is 5.82 Å². The van der Waals surface area contributed by atoms with Crippen LogP contribution in [0, 0.1) is 0 Å². The van der Waals surface area contributed by atoms with Gasteiger partial charge in [-0.05, 0) is 25.1 Å². The zero-order chi connectivity index (χ0) is 14.2. The second kappa shape index (κ2) is 4.66. The van der Waals surface area contributed by atoms with Gasteiger partial charge in [-0.15, -0.1) is 0 Å². The van der Waals surface area contributed by atoms with Crippen molar-refractivity contribution in [1.29, 1.82) is 0 Å². The van der Waals surface area contributed by atoms with Crippen LogP contribution in [0.1, 0.15) is 6.92 Å². The average Bonchev–Trinajstić information content (AvgIpc) is 2.88. The van der Waals surface area contributed by atoms with Crippen molar-refractivity contribution in [3.8, 4) is 11.4 Å². The molecule has 0 aliphatic rings. The van der Waals surface area contributed by atoms with E-state index < -0.39 is 0 Å². The molecule has 0 bridgehead atoms. The highest BCUT2D eigenvalue weighted by Gasteiger charge is 2.12. The van der Waals surface area contributed by atoms with E-state index in [9.17, 15) is 0 Å². The molecule has 102 valence electrons. The van der Waals surface area contributed by atoms with E-state index in [2.05, 4.69) is 45.7 Å². The second-order valence-corrected chi connectivity index (χ2v) is 4.93. The Morgan fingerprint density at radius 2 is 1.90 bits per heavy atom. The van der Waals surface area contributed by atoms with Crippen LogP contribution in [0.25, 0.3) is 33.3 Å². The minimum absolute atomic E-state index is 0.716. The number of para-hydroxylation sites is 1. The topological polar surface area (TPSA) is 43.6 Å². The van der Waals surface area contributed by atoms with Gasteiger partial charge in [0.2, 0.25) is 0 Å². The Morgan fingerprint density at radius 1 is 1.00 bits per heavy atom. The Hall–Kier alpha value is -2.75. The Kier molecular flexibility index (Phi) is 2.67. The van der Waals surface area contributed by atoms with Gasteiger partial charge in [0.15, 0.2) is 5.82 Å². The van der Waals surface area contributed by atoms with E-state index in [-0.39, 0.29) is 0 Å². The maximum absolute atomic E-state index is 4.77. The Bertz CT molecular complexity index is 925. The third-order valence-corrected chi connectivity index (χ3v) is 3.75. The molecule has 0 amide bonds. The minimum atomic E-state index is 0.716. The molecule has 4 aromatic rings. The third-order valence-electron chi connectivity index (χ3n) is 3.75. The van der Waals surface area contributed by atoms with Crippen molar-refractivity contribution in [2.45, 2.75) is 13.5 Å². The summed E-state index contributed by atoms with van der Waals surface area (Å²) in [6.45, 7) is 3.02. The number of hydrogen-bond acceptors (Lipinski definition) is 3. The van der Waals surface area contributed by atoms with Crippen molar-refractivity contribution < 1.29 is 0 Å². The summed E-state index contributed by atoms with van der Waals surface area (Å²) in [5, 5.41) is 2.30. The fourth-order valence-corrected chi connectivity index (χ4v) is 2.77. The summed E-state index contributed by atoms with van der Waals surface area (Å²) in [4.78, 5) is 13.4. The summed E-state index contributed by atoms with van der Waals surface area (Å²) >= 11 is 0. The molecule has 0 aliphatic carbocycles. The van der Waals surface area contributed by atoms with Gasteiger partial charge in [0.25, 0.3) is 0 Å². The van der Waals surface area contributed by atoms with Crippen molar-refractivity contribution in [2.75, 3.05) is 0 Å². The van der Waals surface area contributed by atoms with Gasteiger partial charge in [-0.2, -0.15) is 0 Å². The summed E-state index contributed by atoms with van der Waals surface area (Å²) in [6.07, 6.45) is 5.46. The zero-order valence-electron chi connectivity index (χ0n) is 11.7. The molecule has 4 heteroatoms. The number of pyridine rings is 1. The van der Waals surface area contributed by atoms with Crippen molar-refractivity contribution in [3.05, 3.63) is 55.0 Å². The fraction of sp³-hybridized carbons (Fsp3) is 0.118. The highest BCUT2D eigenvalue weighted by atomic mass is 15.1. The van der Waals surface area contributed by atoms with Crippen LogP contribution in [0.5, 0.6) is 0 Å². The molecule has 3 heterocycles. The molecule has 21 heavy (non-hydrogen) atoms. The SMILES string of the molecule is CCn1c2ccccc2c2cnc(-c3cccnc3)nc21. The van der Waals surface area contributed by atoms with E-state index in [1.807, 2.05) is 18.3 Å². The van der Waals surface area contributed by atoms with Crippen LogP contribution in [0.3, 0.4) is 0 Å². The van der Waals surface area contributed by atoms with E-state index in [0.717, 1.165) is 23.1 Å². The molecule has 0 unspecified atom stereocenters. The van der Waals surface area contributed by atoms with E-state index in [1.165, 1.54) is 10.9 Å². The molecule has 1 aromatic carbocycles. The number of benzene rings is 1. The molecule has 0 fully saturated rings. The average molecular weight is 274 g/mol. The molecule has 4 nitrogen and oxygen atoms in total. The van der Waals surface area contributed by atoms with Gasteiger partial charge in [0, 0.05) is 41.5 Å². The quantitative estimate of drug-likeness (QED) is 0.560. The molecule has 4 rings (SSSR count). The standard InChI is InChI=1S/C17H14N4/c1-2-21-15-8-4-3-7-13(15)14-11-19-16(20-17(14)21)12-6-5-9-18-10-12/h3-11H,2H2,1H3. The Labute approximate surface area is 122 Å². The van der Waals surface area contributed by atoms with Crippen LogP contribution in [-0.2, 0) is 6.54 Å². The predicted octanol–water partition coefficient (Wildman–Crippen LogP) is 3.67. The molecule has 3 aromatic heterocycles.